The van der Waals surface area contributed by atoms with Crippen LogP contribution in [0.25, 0.3) is 0 Å². The van der Waals surface area contributed by atoms with Gasteiger partial charge in [0.15, 0.2) is 0 Å². The molecule has 1 aliphatic heterocycles. The van der Waals surface area contributed by atoms with Crippen molar-refractivity contribution >= 4 is 0 Å². The average molecular weight is 430 g/mol. The summed E-state index contributed by atoms with van der Waals surface area (Å²) in [5, 5.41) is 0. The second-order valence-electron chi connectivity index (χ2n) is 8.13. The van der Waals surface area contributed by atoms with Gasteiger partial charge in [0.05, 0.1) is 0 Å². The number of hydrogen-bond acceptors (Lipinski definition) is 0. The fourth-order valence-corrected chi connectivity index (χ4v) is 19.8. The summed E-state index contributed by atoms with van der Waals surface area (Å²) in [7, 11) is 0. The molecule has 0 atom stereocenters. The molecule has 5 rings (SSSR count). The number of rotatable bonds is 4. The van der Waals surface area contributed by atoms with Crippen LogP contribution in [0.1, 0.15) is 36.8 Å². The molecule has 2 aliphatic carbocycles. The number of allylic oxidation sites excluding steroid dienone is 8. The van der Waals surface area contributed by atoms with Gasteiger partial charge in [0, 0.05) is 0 Å². The van der Waals surface area contributed by atoms with Crippen molar-refractivity contribution in [3.8, 4) is 0 Å². The van der Waals surface area contributed by atoms with E-state index in [0.29, 0.717) is 0 Å². The van der Waals surface area contributed by atoms with Gasteiger partial charge in [0.1, 0.15) is 0 Å². The third kappa shape index (κ3) is 3.21. The second-order valence-corrected chi connectivity index (χ2v) is 18.2. The number of benzene rings is 2. The molecule has 0 aromatic heterocycles. The van der Waals surface area contributed by atoms with Crippen LogP contribution >= 0.6 is 0 Å². The Balaban J connectivity index is 1.69. The van der Waals surface area contributed by atoms with E-state index in [9.17, 15) is 0 Å². The molecule has 0 N–H and O–H groups in total. The Morgan fingerprint density at radius 2 is 1.04 bits per heavy atom. The molecular weight excluding hydrogens is 404 g/mol. The minimum atomic E-state index is -2.84. The molecule has 0 saturated heterocycles. The van der Waals surface area contributed by atoms with E-state index in [-0.39, 0.29) is 0 Å². The average Bonchev–Trinajstić information content (AvgIpc) is 3.35. The molecule has 2 aromatic carbocycles. The van der Waals surface area contributed by atoms with Crippen molar-refractivity contribution in [2.75, 3.05) is 0 Å². The maximum absolute atomic E-state index is 2.84. The van der Waals surface area contributed by atoms with Crippen LogP contribution < -0.4 is 0 Å². The molecule has 0 bridgehead atoms. The van der Waals surface area contributed by atoms with E-state index in [1.807, 2.05) is 6.56 Å². The summed E-state index contributed by atoms with van der Waals surface area (Å²) in [5.41, 5.74) is 6.48. The van der Waals surface area contributed by atoms with Gasteiger partial charge < -0.3 is 0 Å². The van der Waals surface area contributed by atoms with Gasteiger partial charge in [-0.1, -0.05) is 0 Å². The quantitative estimate of drug-likeness (QED) is 0.503. The van der Waals surface area contributed by atoms with Crippen molar-refractivity contribution in [2.45, 2.75) is 33.9 Å². The van der Waals surface area contributed by atoms with Gasteiger partial charge in [0.2, 0.25) is 0 Å². The van der Waals surface area contributed by atoms with Crippen molar-refractivity contribution in [3.05, 3.63) is 114 Å². The van der Waals surface area contributed by atoms with E-state index in [0.717, 1.165) is 0 Å². The van der Waals surface area contributed by atoms with Crippen LogP contribution in [-0.2, 0) is 28.5 Å². The minimum absolute atomic E-state index is 1.21. The van der Waals surface area contributed by atoms with Gasteiger partial charge >= 0.3 is 168 Å². The second kappa shape index (κ2) is 7.36. The third-order valence-electron chi connectivity index (χ3n) is 6.57. The monoisotopic (exact) mass is 428 g/mol. The van der Waals surface area contributed by atoms with Gasteiger partial charge in [-0.05, 0) is 0 Å². The first-order valence-electron chi connectivity index (χ1n) is 10.2. The van der Waals surface area contributed by atoms with Crippen LogP contribution in [0.4, 0.5) is 0 Å². The number of hydrogen-bond donors (Lipinski definition) is 0. The van der Waals surface area contributed by atoms with Crippen LogP contribution in [-0.4, -0.2) is 0 Å². The zero-order valence-electron chi connectivity index (χ0n) is 15.8. The Bertz CT molecular complexity index is 876. The fourth-order valence-electron chi connectivity index (χ4n) is 5.40. The Hall–Kier alpha value is -1.72. The molecule has 0 unspecified atom stereocenters. The van der Waals surface area contributed by atoms with Crippen LogP contribution in [0.5, 0.6) is 0 Å². The van der Waals surface area contributed by atoms with Crippen LogP contribution in [0, 0.1) is 0 Å². The molecule has 2 aromatic rings. The van der Waals surface area contributed by atoms with Gasteiger partial charge in [-0.3, -0.25) is 0 Å². The van der Waals surface area contributed by atoms with Crippen molar-refractivity contribution in [1.82, 2.24) is 0 Å². The summed E-state index contributed by atoms with van der Waals surface area (Å²) in [5.74, 6) is 0. The molecule has 27 heavy (non-hydrogen) atoms. The SMILES string of the molecule is C1=CC2=[C](C1)[Zr]([CH2]c1ccccc1)([CH2]c1ccccc1)[C]1=C(C=CC1)CC2. The van der Waals surface area contributed by atoms with E-state index in [2.05, 4.69) is 85.0 Å². The summed E-state index contributed by atoms with van der Waals surface area (Å²) in [4.78, 5) is 0. The summed E-state index contributed by atoms with van der Waals surface area (Å²) in [6, 6.07) is 22.6. The molecule has 1 heteroatoms. The van der Waals surface area contributed by atoms with Crippen LogP contribution in [0.2, 0.25) is 0 Å². The standard InChI is InChI=1S/C12H12.2C7H7.Zr/c1-2-6-11(5-1)9-10-12-7-3-4-8-12;2*1-7-5-3-2-4-6-7;/h1,3,5,7H,2,4,9-10H2;2*2-6H,1H2;. The molecule has 0 radical (unpaired) electrons. The van der Waals surface area contributed by atoms with E-state index >= 15 is 0 Å². The molecule has 0 amide bonds. The summed E-state index contributed by atoms with van der Waals surface area (Å²) < 4.78 is 6.41. The van der Waals surface area contributed by atoms with Gasteiger partial charge in [0.25, 0.3) is 0 Å². The predicted octanol–water partition coefficient (Wildman–Crippen LogP) is 6.76. The van der Waals surface area contributed by atoms with Gasteiger partial charge in [-0.25, -0.2) is 0 Å². The Morgan fingerprint density at radius 3 is 1.48 bits per heavy atom. The zero-order valence-corrected chi connectivity index (χ0v) is 18.3. The summed E-state index contributed by atoms with van der Waals surface area (Å²) in [6.07, 6.45) is 14.7. The van der Waals surface area contributed by atoms with E-state index in [1.54, 1.807) is 22.3 Å². The molecule has 0 nitrogen and oxygen atoms in total. The normalized spacial score (nSPS) is 20.0. The fraction of sp³-hybridized carbons (Fsp3) is 0.231. The van der Waals surface area contributed by atoms with Crippen molar-refractivity contribution in [1.29, 1.82) is 0 Å². The molecule has 3 aliphatic rings. The Kier molecular flexibility index (Phi) is 4.74. The van der Waals surface area contributed by atoms with Crippen LogP contribution in [0.15, 0.2) is 103 Å². The third-order valence-corrected chi connectivity index (χ3v) is 19.8. The molecular formula is C26H26Zr. The van der Waals surface area contributed by atoms with Crippen molar-refractivity contribution < 1.29 is 20.3 Å². The van der Waals surface area contributed by atoms with E-state index in [1.165, 1.54) is 33.9 Å². The maximum atomic E-state index is 2.46. The molecule has 0 spiro atoms. The first kappa shape index (κ1) is 17.4. The van der Waals surface area contributed by atoms with E-state index in [4.69, 9.17) is 0 Å². The first-order valence-corrected chi connectivity index (χ1v) is 16.1. The van der Waals surface area contributed by atoms with Crippen molar-refractivity contribution in [2.24, 2.45) is 0 Å². The molecule has 134 valence electrons. The van der Waals surface area contributed by atoms with Crippen LogP contribution in [0.3, 0.4) is 0 Å². The van der Waals surface area contributed by atoms with E-state index < -0.39 is 20.3 Å². The molecule has 1 heterocycles. The van der Waals surface area contributed by atoms with Gasteiger partial charge in [-0.2, -0.15) is 0 Å². The van der Waals surface area contributed by atoms with Crippen molar-refractivity contribution in [3.63, 3.8) is 0 Å². The zero-order chi connectivity index (χ0) is 18.1. The molecule has 0 fully saturated rings. The predicted molar refractivity (Wildman–Crippen MR) is 111 cm³/mol. The first-order chi connectivity index (χ1) is 13.4. The molecule has 0 saturated carbocycles. The topological polar surface area (TPSA) is 0 Å². The Morgan fingerprint density at radius 1 is 0.593 bits per heavy atom. The summed E-state index contributed by atoms with van der Waals surface area (Å²) in [6.45, 7) is 0. The summed E-state index contributed by atoms with van der Waals surface area (Å²) >= 11 is -2.84. The Labute approximate surface area is 167 Å². The van der Waals surface area contributed by atoms with Gasteiger partial charge in [-0.15, -0.1) is 0 Å².